The fraction of sp³-hybridized carbons (Fsp3) is 0.591. The Morgan fingerprint density at radius 2 is 1.55 bits per heavy atom. The number of aryl methyl sites for hydroxylation is 1. The van der Waals surface area contributed by atoms with Gasteiger partial charge in [-0.3, -0.25) is 9.59 Å². The number of benzene rings is 1. The summed E-state index contributed by atoms with van der Waals surface area (Å²) in [6.45, 7) is 13.3. The summed E-state index contributed by atoms with van der Waals surface area (Å²) in [6, 6.07) is 6.35. The van der Waals surface area contributed by atoms with Crippen LogP contribution < -0.4 is 16.0 Å². The van der Waals surface area contributed by atoms with Crippen LogP contribution in [0.1, 0.15) is 57.5 Å². The van der Waals surface area contributed by atoms with E-state index in [1.54, 1.807) is 19.9 Å². The Bertz CT molecular complexity index is 701. The Morgan fingerprint density at radius 1 is 0.931 bits per heavy atom. The van der Waals surface area contributed by atoms with Crippen LogP contribution in [0.4, 0.5) is 4.79 Å². The molecule has 2 atom stereocenters. The van der Waals surface area contributed by atoms with Crippen molar-refractivity contribution in [2.75, 3.05) is 6.54 Å². The molecule has 0 radical (unpaired) electrons. The van der Waals surface area contributed by atoms with Crippen LogP contribution in [0.2, 0.25) is 0 Å². The zero-order valence-corrected chi connectivity index (χ0v) is 18.5. The Kier molecular flexibility index (Phi) is 9.65. The Balaban J connectivity index is 2.75. The number of carbonyl (C=O) groups excluding carboxylic acids is 3. The van der Waals surface area contributed by atoms with Crippen LogP contribution in [0, 0.1) is 18.8 Å². The zero-order valence-electron chi connectivity index (χ0n) is 18.5. The summed E-state index contributed by atoms with van der Waals surface area (Å²) < 4.78 is 5.09. The van der Waals surface area contributed by atoms with Crippen LogP contribution in [0.15, 0.2) is 24.3 Å². The standard InChI is InChI=1S/C22H35N3O4/c1-13(2)18(12-23-20(26)17-11-9-8-10-16(17)7)24-21(27)19(14(3)4)25-22(28)29-15(5)6/h8-11,13-15,18-19H,12H2,1-7H3,(H,23,26)(H,24,27)(H,25,28)/t18-,19?/m1/s1. The summed E-state index contributed by atoms with van der Waals surface area (Å²) in [7, 11) is 0. The molecule has 0 saturated carbocycles. The molecule has 0 bridgehead atoms. The second-order valence-electron chi connectivity index (χ2n) is 8.20. The lowest BCUT2D eigenvalue weighted by atomic mass is 10.00. The van der Waals surface area contributed by atoms with E-state index in [4.69, 9.17) is 4.74 Å². The van der Waals surface area contributed by atoms with Crippen molar-refractivity contribution in [2.45, 2.75) is 66.7 Å². The number of carbonyl (C=O) groups is 3. The maximum atomic E-state index is 12.8. The largest absolute Gasteiger partial charge is 0.447 e. The van der Waals surface area contributed by atoms with Gasteiger partial charge in [-0.25, -0.2) is 4.79 Å². The van der Waals surface area contributed by atoms with Gasteiger partial charge in [-0.15, -0.1) is 0 Å². The van der Waals surface area contributed by atoms with Crippen molar-refractivity contribution in [1.29, 1.82) is 0 Å². The highest BCUT2D eigenvalue weighted by atomic mass is 16.6. The van der Waals surface area contributed by atoms with Gasteiger partial charge in [0.25, 0.3) is 5.91 Å². The maximum absolute atomic E-state index is 12.8. The monoisotopic (exact) mass is 405 g/mol. The number of hydrogen-bond donors (Lipinski definition) is 3. The minimum Gasteiger partial charge on any atom is -0.447 e. The summed E-state index contributed by atoms with van der Waals surface area (Å²) >= 11 is 0. The first-order valence-electron chi connectivity index (χ1n) is 10.1. The smallest absolute Gasteiger partial charge is 0.408 e. The van der Waals surface area contributed by atoms with E-state index < -0.39 is 12.1 Å². The number of nitrogens with one attached hydrogen (secondary N) is 3. The summed E-state index contributed by atoms with van der Waals surface area (Å²) in [5.41, 5.74) is 1.50. The van der Waals surface area contributed by atoms with Crippen molar-refractivity contribution in [3.63, 3.8) is 0 Å². The van der Waals surface area contributed by atoms with Gasteiger partial charge in [-0.2, -0.15) is 0 Å². The molecule has 0 aliphatic heterocycles. The van der Waals surface area contributed by atoms with E-state index in [1.807, 2.05) is 52.8 Å². The molecule has 1 aromatic carbocycles. The Morgan fingerprint density at radius 3 is 2.07 bits per heavy atom. The minimum atomic E-state index is -0.727. The molecule has 1 rings (SSSR count). The molecule has 7 heteroatoms. The summed E-state index contributed by atoms with van der Waals surface area (Å²) in [5.74, 6) is -0.512. The molecular weight excluding hydrogens is 370 g/mol. The fourth-order valence-corrected chi connectivity index (χ4v) is 2.76. The quantitative estimate of drug-likeness (QED) is 0.588. The van der Waals surface area contributed by atoms with Gasteiger partial charge in [-0.1, -0.05) is 45.9 Å². The molecule has 3 N–H and O–H groups in total. The lowest BCUT2D eigenvalue weighted by Crippen LogP contribution is -2.55. The number of alkyl carbamates (subject to hydrolysis) is 1. The zero-order chi connectivity index (χ0) is 22.1. The van der Waals surface area contributed by atoms with E-state index in [0.29, 0.717) is 5.56 Å². The van der Waals surface area contributed by atoms with Gasteiger partial charge in [-0.05, 0) is 44.2 Å². The lowest BCUT2D eigenvalue weighted by Gasteiger charge is -2.28. The van der Waals surface area contributed by atoms with E-state index in [-0.39, 0.29) is 42.3 Å². The average molecular weight is 406 g/mol. The average Bonchev–Trinajstić information content (AvgIpc) is 2.61. The molecule has 1 unspecified atom stereocenters. The molecule has 3 amide bonds. The van der Waals surface area contributed by atoms with Gasteiger partial charge < -0.3 is 20.7 Å². The van der Waals surface area contributed by atoms with Crippen LogP contribution in [0.25, 0.3) is 0 Å². The van der Waals surface area contributed by atoms with Crippen LogP contribution >= 0.6 is 0 Å². The third-order valence-electron chi connectivity index (χ3n) is 4.57. The lowest BCUT2D eigenvalue weighted by molar-refractivity contribution is -0.125. The third-order valence-corrected chi connectivity index (χ3v) is 4.57. The second kappa shape index (κ2) is 11.4. The normalized spacial score (nSPS) is 13.2. The molecule has 0 aliphatic rings. The predicted molar refractivity (Wildman–Crippen MR) is 114 cm³/mol. The van der Waals surface area contributed by atoms with E-state index in [9.17, 15) is 14.4 Å². The van der Waals surface area contributed by atoms with Crippen LogP contribution in [0.3, 0.4) is 0 Å². The van der Waals surface area contributed by atoms with E-state index >= 15 is 0 Å². The minimum absolute atomic E-state index is 0.0894. The summed E-state index contributed by atoms with van der Waals surface area (Å²) in [4.78, 5) is 37.2. The van der Waals surface area contributed by atoms with E-state index in [1.165, 1.54) is 0 Å². The molecule has 0 fully saturated rings. The highest BCUT2D eigenvalue weighted by Crippen LogP contribution is 2.09. The number of hydrogen-bond acceptors (Lipinski definition) is 4. The van der Waals surface area contributed by atoms with E-state index in [2.05, 4.69) is 16.0 Å². The Labute approximate surface area is 174 Å². The summed E-state index contributed by atoms with van der Waals surface area (Å²) in [5, 5.41) is 8.48. The van der Waals surface area contributed by atoms with Crippen molar-refractivity contribution < 1.29 is 19.1 Å². The molecular formula is C22H35N3O4. The molecule has 0 aliphatic carbocycles. The molecule has 7 nitrogen and oxygen atoms in total. The number of ether oxygens (including phenoxy) is 1. The summed E-state index contributed by atoms with van der Waals surface area (Å²) in [6.07, 6.45) is -0.895. The first-order valence-corrected chi connectivity index (χ1v) is 10.1. The SMILES string of the molecule is Cc1ccccc1C(=O)NC[C@@H](NC(=O)C(NC(=O)OC(C)C)C(C)C)C(C)C. The van der Waals surface area contributed by atoms with Gasteiger partial charge in [0.1, 0.15) is 6.04 Å². The van der Waals surface area contributed by atoms with Gasteiger partial charge in [0.15, 0.2) is 0 Å². The second-order valence-corrected chi connectivity index (χ2v) is 8.20. The van der Waals surface area contributed by atoms with Crippen molar-refractivity contribution in [1.82, 2.24) is 16.0 Å². The topological polar surface area (TPSA) is 96.5 Å². The van der Waals surface area contributed by atoms with Gasteiger partial charge in [0.05, 0.1) is 6.10 Å². The molecule has 0 heterocycles. The van der Waals surface area contributed by atoms with Crippen molar-refractivity contribution in [2.24, 2.45) is 11.8 Å². The van der Waals surface area contributed by atoms with Gasteiger partial charge >= 0.3 is 6.09 Å². The number of amides is 3. The van der Waals surface area contributed by atoms with Crippen LogP contribution in [-0.2, 0) is 9.53 Å². The molecule has 1 aromatic rings. The van der Waals surface area contributed by atoms with Crippen LogP contribution in [-0.4, -0.2) is 42.6 Å². The maximum Gasteiger partial charge on any atom is 0.408 e. The van der Waals surface area contributed by atoms with E-state index in [0.717, 1.165) is 5.56 Å². The highest BCUT2D eigenvalue weighted by Gasteiger charge is 2.28. The predicted octanol–water partition coefficient (Wildman–Crippen LogP) is 3.02. The van der Waals surface area contributed by atoms with Crippen LogP contribution in [0.5, 0.6) is 0 Å². The Hall–Kier alpha value is -2.57. The third kappa shape index (κ3) is 8.13. The fourth-order valence-electron chi connectivity index (χ4n) is 2.76. The van der Waals surface area contributed by atoms with Crippen molar-refractivity contribution in [3.8, 4) is 0 Å². The van der Waals surface area contributed by atoms with Gasteiger partial charge in [0, 0.05) is 18.2 Å². The molecule has 162 valence electrons. The van der Waals surface area contributed by atoms with Crippen molar-refractivity contribution in [3.05, 3.63) is 35.4 Å². The highest BCUT2D eigenvalue weighted by molar-refractivity contribution is 5.95. The molecule has 29 heavy (non-hydrogen) atoms. The molecule has 0 spiro atoms. The number of rotatable bonds is 9. The molecule has 0 saturated heterocycles. The van der Waals surface area contributed by atoms with Gasteiger partial charge in [0.2, 0.25) is 5.91 Å². The molecule has 0 aromatic heterocycles. The first kappa shape index (κ1) is 24.5. The van der Waals surface area contributed by atoms with Crippen molar-refractivity contribution >= 4 is 17.9 Å². The first-order chi connectivity index (χ1) is 13.5.